The third-order valence-corrected chi connectivity index (χ3v) is 5.75. The fraction of sp³-hybridized carbons (Fsp3) is 0.652. The van der Waals surface area contributed by atoms with Gasteiger partial charge in [0.05, 0.1) is 25.2 Å². The third-order valence-electron chi connectivity index (χ3n) is 5.75. The predicted molar refractivity (Wildman–Crippen MR) is 138 cm³/mol. The Morgan fingerprint density at radius 3 is 2.61 bits per heavy atom. The number of nitrogens with one attached hydrogen (secondary N) is 3. The van der Waals surface area contributed by atoms with E-state index in [0.29, 0.717) is 19.1 Å². The lowest BCUT2D eigenvalue weighted by molar-refractivity contribution is 0.147. The predicted octanol–water partition coefficient (Wildman–Crippen LogP) is 4.05. The number of halogens is 1. The van der Waals surface area contributed by atoms with Crippen LogP contribution in [0, 0.1) is 5.92 Å². The highest BCUT2D eigenvalue weighted by atomic mass is 127. The number of hydrogen-bond acceptors (Lipinski definition) is 4. The number of anilines is 1. The van der Waals surface area contributed by atoms with Crippen LogP contribution in [0.25, 0.3) is 0 Å². The van der Waals surface area contributed by atoms with Crippen LogP contribution in [0.1, 0.15) is 58.1 Å². The maximum atomic E-state index is 11.8. The number of benzene rings is 1. The second-order valence-corrected chi connectivity index (χ2v) is 8.18. The van der Waals surface area contributed by atoms with E-state index in [1.807, 2.05) is 6.92 Å². The lowest BCUT2D eigenvalue weighted by atomic mass is 10.1. The summed E-state index contributed by atoms with van der Waals surface area (Å²) in [6.07, 6.45) is 4.47. The van der Waals surface area contributed by atoms with E-state index in [1.54, 1.807) is 0 Å². The minimum atomic E-state index is -0.352. The van der Waals surface area contributed by atoms with Gasteiger partial charge in [0.25, 0.3) is 0 Å². The average molecular weight is 543 g/mol. The summed E-state index contributed by atoms with van der Waals surface area (Å²) >= 11 is 0. The summed E-state index contributed by atoms with van der Waals surface area (Å²) in [6, 6.07) is 8.92. The second kappa shape index (κ2) is 13.0. The lowest BCUT2D eigenvalue weighted by Gasteiger charge is -2.22. The van der Waals surface area contributed by atoms with Crippen molar-refractivity contribution in [3.63, 3.8) is 0 Å². The van der Waals surface area contributed by atoms with E-state index < -0.39 is 0 Å². The van der Waals surface area contributed by atoms with Crippen LogP contribution in [0.4, 0.5) is 10.5 Å². The molecule has 2 fully saturated rings. The standard InChI is InChI=1S/C23H37N5O2.HI/c1-4-24-22(25-16-21(18-11-12-18)27-23(29)30-5-2)26-17(3)19-9-8-10-20(15-19)28-13-6-7-14-28;/h8-10,15,17-18,21H,4-7,11-14,16H2,1-3H3,(H,27,29)(H2,24,25,26);1H. The molecule has 1 aliphatic heterocycles. The molecule has 174 valence electrons. The fourth-order valence-corrected chi connectivity index (χ4v) is 3.90. The number of alkyl carbamates (subject to hydrolysis) is 1. The van der Waals surface area contributed by atoms with Crippen molar-refractivity contribution in [2.75, 3.05) is 37.7 Å². The maximum Gasteiger partial charge on any atom is 0.407 e. The molecule has 8 heteroatoms. The first-order chi connectivity index (χ1) is 14.6. The van der Waals surface area contributed by atoms with Gasteiger partial charge in [0.1, 0.15) is 0 Å². The molecule has 1 aliphatic carbocycles. The van der Waals surface area contributed by atoms with Gasteiger partial charge in [-0.05, 0) is 70.1 Å². The third kappa shape index (κ3) is 8.05. The molecular formula is C23H38IN5O2. The summed E-state index contributed by atoms with van der Waals surface area (Å²) in [6.45, 7) is 10.0. The van der Waals surface area contributed by atoms with Gasteiger partial charge in [-0.1, -0.05) is 12.1 Å². The largest absolute Gasteiger partial charge is 0.450 e. The van der Waals surface area contributed by atoms with E-state index in [4.69, 9.17) is 9.73 Å². The average Bonchev–Trinajstić information content (AvgIpc) is 3.44. The molecule has 0 radical (unpaired) electrons. The Morgan fingerprint density at radius 2 is 1.97 bits per heavy atom. The van der Waals surface area contributed by atoms with Crippen molar-refractivity contribution in [1.82, 2.24) is 16.0 Å². The zero-order valence-electron chi connectivity index (χ0n) is 19.0. The van der Waals surface area contributed by atoms with E-state index >= 15 is 0 Å². The summed E-state index contributed by atoms with van der Waals surface area (Å²) < 4.78 is 5.05. The Hall–Kier alpha value is -1.71. The minimum absolute atomic E-state index is 0. The second-order valence-electron chi connectivity index (χ2n) is 8.18. The zero-order valence-corrected chi connectivity index (χ0v) is 21.4. The lowest BCUT2D eigenvalue weighted by Crippen LogP contribution is -2.42. The minimum Gasteiger partial charge on any atom is -0.450 e. The van der Waals surface area contributed by atoms with Crippen LogP contribution in [0.3, 0.4) is 0 Å². The molecule has 7 nitrogen and oxygen atoms in total. The Bertz CT molecular complexity index is 720. The van der Waals surface area contributed by atoms with Crippen LogP contribution < -0.4 is 20.9 Å². The van der Waals surface area contributed by atoms with Crippen LogP contribution in [0.2, 0.25) is 0 Å². The molecule has 0 aromatic heterocycles. The van der Waals surface area contributed by atoms with E-state index in [0.717, 1.165) is 38.4 Å². The highest BCUT2D eigenvalue weighted by Gasteiger charge is 2.32. The SMILES string of the molecule is CCNC(=NCC(NC(=O)OCC)C1CC1)NC(C)c1cccc(N2CCCC2)c1.I. The molecule has 1 aromatic rings. The van der Waals surface area contributed by atoms with Crippen molar-refractivity contribution in [2.24, 2.45) is 10.9 Å². The number of hydrogen-bond donors (Lipinski definition) is 3. The van der Waals surface area contributed by atoms with Crippen molar-refractivity contribution in [2.45, 2.75) is 58.5 Å². The van der Waals surface area contributed by atoms with Gasteiger partial charge >= 0.3 is 6.09 Å². The Kier molecular flexibility index (Phi) is 10.7. The van der Waals surface area contributed by atoms with Gasteiger partial charge in [-0.25, -0.2) is 4.79 Å². The number of rotatable bonds is 9. The molecule has 1 heterocycles. The molecule has 31 heavy (non-hydrogen) atoms. The van der Waals surface area contributed by atoms with Crippen molar-refractivity contribution >= 4 is 41.7 Å². The normalized spacial score (nSPS) is 18.0. The van der Waals surface area contributed by atoms with E-state index in [-0.39, 0.29) is 42.2 Å². The van der Waals surface area contributed by atoms with Gasteiger partial charge in [-0.2, -0.15) is 0 Å². The Morgan fingerprint density at radius 1 is 1.23 bits per heavy atom. The smallest absolute Gasteiger partial charge is 0.407 e. The first-order valence-corrected chi connectivity index (χ1v) is 11.4. The molecule has 1 aromatic carbocycles. The number of aliphatic imine (C=N–C) groups is 1. The molecule has 0 spiro atoms. The van der Waals surface area contributed by atoms with Crippen molar-refractivity contribution in [3.05, 3.63) is 29.8 Å². The number of carbonyl (C=O) groups is 1. The van der Waals surface area contributed by atoms with Crippen LogP contribution in [0.5, 0.6) is 0 Å². The molecule has 2 atom stereocenters. The number of ether oxygens (including phenoxy) is 1. The topological polar surface area (TPSA) is 78.0 Å². The van der Waals surface area contributed by atoms with Crippen LogP contribution in [-0.4, -0.2) is 50.9 Å². The molecule has 1 saturated heterocycles. The van der Waals surface area contributed by atoms with Crippen LogP contribution >= 0.6 is 24.0 Å². The molecule has 2 unspecified atom stereocenters. The monoisotopic (exact) mass is 543 g/mol. The zero-order chi connectivity index (χ0) is 21.3. The van der Waals surface area contributed by atoms with E-state index in [2.05, 4.69) is 59.0 Å². The van der Waals surface area contributed by atoms with Crippen LogP contribution in [-0.2, 0) is 4.74 Å². The van der Waals surface area contributed by atoms with E-state index in [9.17, 15) is 4.79 Å². The summed E-state index contributed by atoms with van der Waals surface area (Å²) in [5.41, 5.74) is 2.54. The van der Waals surface area contributed by atoms with Gasteiger partial charge in [0, 0.05) is 25.3 Å². The fourth-order valence-electron chi connectivity index (χ4n) is 3.90. The van der Waals surface area contributed by atoms with Crippen molar-refractivity contribution in [1.29, 1.82) is 0 Å². The quantitative estimate of drug-likeness (QED) is 0.249. The van der Waals surface area contributed by atoms with Gasteiger partial charge in [-0.3, -0.25) is 4.99 Å². The molecule has 3 rings (SSSR count). The molecule has 3 N–H and O–H groups in total. The summed E-state index contributed by atoms with van der Waals surface area (Å²) in [5, 5.41) is 9.82. The molecular weight excluding hydrogens is 505 g/mol. The van der Waals surface area contributed by atoms with Gasteiger partial charge in [0.15, 0.2) is 5.96 Å². The summed E-state index contributed by atoms with van der Waals surface area (Å²) in [4.78, 5) is 19.1. The molecule has 0 bridgehead atoms. The van der Waals surface area contributed by atoms with Gasteiger partial charge < -0.3 is 25.6 Å². The molecule has 1 amide bonds. The number of nitrogens with zero attached hydrogens (tertiary/aromatic N) is 2. The summed E-state index contributed by atoms with van der Waals surface area (Å²) in [5.74, 6) is 1.27. The van der Waals surface area contributed by atoms with Crippen molar-refractivity contribution in [3.8, 4) is 0 Å². The number of guanidine groups is 1. The number of amides is 1. The first kappa shape index (κ1) is 25.5. The molecule has 2 aliphatic rings. The highest BCUT2D eigenvalue weighted by Crippen LogP contribution is 2.33. The van der Waals surface area contributed by atoms with Crippen LogP contribution in [0.15, 0.2) is 29.3 Å². The Balaban J connectivity index is 0.00000341. The highest BCUT2D eigenvalue weighted by molar-refractivity contribution is 14.0. The van der Waals surface area contributed by atoms with E-state index in [1.165, 1.54) is 24.1 Å². The Labute approximate surface area is 203 Å². The van der Waals surface area contributed by atoms with Gasteiger partial charge in [-0.15, -0.1) is 24.0 Å². The van der Waals surface area contributed by atoms with Gasteiger partial charge in [0.2, 0.25) is 0 Å². The van der Waals surface area contributed by atoms with Crippen molar-refractivity contribution < 1.29 is 9.53 Å². The number of carbonyl (C=O) groups excluding carboxylic acids is 1. The maximum absolute atomic E-state index is 11.8. The summed E-state index contributed by atoms with van der Waals surface area (Å²) in [7, 11) is 0. The first-order valence-electron chi connectivity index (χ1n) is 11.4. The molecule has 1 saturated carbocycles.